The highest BCUT2D eigenvalue weighted by molar-refractivity contribution is 6.77. The van der Waals surface area contributed by atoms with Gasteiger partial charge >= 0.3 is 0 Å². The molecule has 0 aromatic heterocycles. The molecule has 4 heteroatoms. The summed E-state index contributed by atoms with van der Waals surface area (Å²) in [5, 5.41) is 0. The topological polar surface area (TPSA) is 52.3 Å². The minimum Gasteiger partial charge on any atom is -0.412 e. The van der Waals surface area contributed by atoms with Crippen LogP contribution in [-0.4, -0.2) is 14.2 Å². The largest absolute Gasteiger partial charge is 0.412 e. The molecular formula is C17H29NO2Si. The van der Waals surface area contributed by atoms with Gasteiger partial charge in [-0.25, -0.2) is 0 Å². The van der Waals surface area contributed by atoms with E-state index in [2.05, 4.69) is 41.5 Å². The van der Waals surface area contributed by atoms with Crippen LogP contribution in [0.2, 0.25) is 16.6 Å². The van der Waals surface area contributed by atoms with Crippen LogP contribution in [-0.2, 0) is 11.0 Å². The summed E-state index contributed by atoms with van der Waals surface area (Å²) in [5.74, 6) is -0.389. The molecule has 0 radical (unpaired) electrons. The van der Waals surface area contributed by atoms with Gasteiger partial charge in [0.15, 0.2) is 0 Å². The van der Waals surface area contributed by atoms with Crippen LogP contribution in [0.15, 0.2) is 24.3 Å². The van der Waals surface area contributed by atoms with Gasteiger partial charge in [0.05, 0.1) is 6.61 Å². The van der Waals surface area contributed by atoms with Crippen molar-refractivity contribution in [2.45, 2.75) is 64.8 Å². The van der Waals surface area contributed by atoms with Crippen LogP contribution >= 0.6 is 0 Å². The van der Waals surface area contributed by atoms with Gasteiger partial charge in [0.25, 0.3) is 0 Å². The van der Waals surface area contributed by atoms with Crippen LogP contribution in [0.25, 0.3) is 0 Å². The Hall–Kier alpha value is -1.13. The van der Waals surface area contributed by atoms with Gasteiger partial charge in [-0.1, -0.05) is 59.7 Å². The molecule has 0 saturated carbocycles. The first-order chi connectivity index (χ1) is 9.73. The summed E-state index contributed by atoms with van der Waals surface area (Å²) in [6.07, 6.45) is 0. The number of carbonyl (C=O) groups is 1. The van der Waals surface area contributed by atoms with Crippen molar-refractivity contribution in [1.82, 2.24) is 0 Å². The maximum atomic E-state index is 11.5. The average Bonchev–Trinajstić information content (AvgIpc) is 2.38. The summed E-state index contributed by atoms with van der Waals surface area (Å²) in [4.78, 5) is 11.5. The third-order valence-corrected chi connectivity index (χ3v) is 10.5. The highest BCUT2D eigenvalue weighted by Gasteiger charge is 2.45. The fraction of sp³-hybridized carbons (Fsp3) is 0.588. The van der Waals surface area contributed by atoms with Gasteiger partial charge in [-0.3, -0.25) is 4.79 Å². The molecule has 1 aromatic carbocycles. The zero-order valence-corrected chi connectivity index (χ0v) is 15.1. The molecule has 0 saturated heterocycles. The van der Waals surface area contributed by atoms with E-state index in [-0.39, 0.29) is 5.91 Å². The molecule has 118 valence electrons. The maximum Gasteiger partial charge on any atom is 0.249 e. The second kappa shape index (κ2) is 7.23. The molecule has 0 heterocycles. The summed E-state index contributed by atoms with van der Waals surface area (Å²) < 4.78 is 6.52. The molecule has 0 spiro atoms. The van der Waals surface area contributed by atoms with Crippen molar-refractivity contribution in [2.24, 2.45) is 5.73 Å². The van der Waals surface area contributed by atoms with Crippen molar-refractivity contribution >= 4 is 14.2 Å². The predicted octanol–water partition coefficient (Wildman–Crippen LogP) is 4.48. The normalized spacial score (nSPS) is 12.4. The summed E-state index contributed by atoms with van der Waals surface area (Å²) in [7, 11) is -1.92. The smallest absolute Gasteiger partial charge is 0.249 e. The van der Waals surface area contributed by atoms with E-state index in [0.29, 0.717) is 28.8 Å². The highest BCUT2D eigenvalue weighted by Crippen LogP contribution is 2.42. The van der Waals surface area contributed by atoms with E-state index >= 15 is 0 Å². The van der Waals surface area contributed by atoms with Gasteiger partial charge in [-0.05, 0) is 28.3 Å². The van der Waals surface area contributed by atoms with Crippen molar-refractivity contribution in [1.29, 1.82) is 0 Å². The van der Waals surface area contributed by atoms with Crippen LogP contribution in [0.4, 0.5) is 0 Å². The fourth-order valence-corrected chi connectivity index (χ4v) is 8.99. The van der Waals surface area contributed by atoms with Gasteiger partial charge < -0.3 is 10.2 Å². The summed E-state index contributed by atoms with van der Waals surface area (Å²) in [5.41, 5.74) is 8.49. The monoisotopic (exact) mass is 307 g/mol. The first kappa shape index (κ1) is 17.9. The van der Waals surface area contributed by atoms with Crippen molar-refractivity contribution in [3.63, 3.8) is 0 Å². The number of hydrogen-bond donors (Lipinski definition) is 1. The quantitative estimate of drug-likeness (QED) is 0.755. The van der Waals surface area contributed by atoms with Crippen LogP contribution in [0, 0.1) is 0 Å². The molecule has 3 nitrogen and oxygen atoms in total. The molecule has 1 aromatic rings. The lowest BCUT2D eigenvalue weighted by Crippen LogP contribution is -2.47. The predicted molar refractivity (Wildman–Crippen MR) is 90.8 cm³/mol. The van der Waals surface area contributed by atoms with E-state index in [9.17, 15) is 4.79 Å². The van der Waals surface area contributed by atoms with Gasteiger partial charge in [0.1, 0.15) is 0 Å². The van der Waals surface area contributed by atoms with Crippen molar-refractivity contribution in [3.05, 3.63) is 35.4 Å². The molecule has 0 aliphatic heterocycles. The minimum absolute atomic E-state index is 0.389. The van der Waals surface area contributed by atoms with Crippen LogP contribution in [0.1, 0.15) is 57.5 Å². The molecule has 0 bridgehead atoms. The Morgan fingerprint density at radius 1 is 1.05 bits per heavy atom. The van der Waals surface area contributed by atoms with Crippen molar-refractivity contribution < 1.29 is 9.22 Å². The number of carbonyl (C=O) groups excluding carboxylic acids is 1. The van der Waals surface area contributed by atoms with Crippen LogP contribution in [0.5, 0.6) is 0 Å². The average molecular weight is 308 g/mol. The number of primary amides is 1. The third kappa shape index (κ3) is 3.74. The number of nitrogens with two attached hydrogens (primary N) is 1. The van der Waals surface area contributed by atoms with Crippen molar-refractivity contribution in [2.75, 3.05) is 0 Å². The lowest BCUT2D eigenvalue weighted by atomic mass is 10.1. The van der Waals surface area contributed by atoms with Gasteiger partial charge in [0.2, 0.25) is 14.2 Å². The van der Waals surface area contributed by atoms with Gasteiger partial charge in [-0.2, -0.15) is 0 Å². The minimum atomic E-state index is -1.92. The summed E-state index contributed by atoms with van der Waals surface area (Å²) >= 11 is 0. The Morgan fingerprint density at radius 3 is 1.95 bits per heavy atom. The first-order valence-corrected chi connectivity index (χ1v) is 9.89. The number of hydrogen-bond acceptors (Lipinski definition) is 2. The Balaban J connectivity index is 3.06. The van der Waals surface area contributed by atoms with E-state index in [1.54, 1.807) is 6.07 Å². The SMILES string of the molecule is CC(C)[Si](OCc1ccccc1C(N)=O)(C(C)C)C(C)C. The second-order valence-corrected chi connectivity index (χ2v) is 12.1. The zero-order valence-electron chi connectivity index (χ0n) is 14.1. The molecule has 2 N–H and O–H groups in total. The molecule has 1 rings (SSSR count). The first-order valence-electron chi connectivity index (χ1n) is 7.75. The molecule has 0 atom stereocenters. The Labute approximate surface area is 130 Å². The lowest BCUT2D eigenvalue weighted by Gasteiger charge is -2.42. The fourth-order valence-electron chi connectivity index (χ4n) is 3.59. The molecular weight excluding hydrogens is 278 g/mol. The van der Waals surface area contributed by atoms with Gasteiger partial charge in [-0.15, -0.1) is 0 Å². The molecule has 21 heavy (non-hydrogen) atoms. The molecule has 1 amide bonds. The van der Waals surface area contributed by atoms with Crippen LogP contribution in [0.3, 0.4) is 0 Å². The van der Waals surface area contributed by atoms with E-state index in [4.69, 9.17) is 10.2 Å². The summed E-state index contributed by atoms with van der Waals surface area (Å²) in [6.45, 7) is 14.0. The standard InChI is InChI=1S/C17H29NO2Si/c1-12(2)21(13(3)4,14(5)6)20-11-15-9-7-8-10-16(15)17(18)19/h7-10,12-14H,11H2,1-6H3,(H2,18,19). The molecule has 0 unspecified atom stereocenters. The second-order valence-electron chi connectivity index (χ2n) is 6.63. The van der Waals surface area contributed by atoms with Crippen molar-refractivity contribution in [3.8, 4) is 0 Å². The number of benzene rings is 1. The number of rotatable bonds is 7. The van der Waals surface area contributed by atoms with Gasteiger partial charge in [0, 0.05) is 5.56 Å². The molecule has 0 aliphatic rings. The molecule has 0 fully saturated rings. The van der Waals surface area contributed by atoms with E-state index in [1.165, 1.54) is 0 Å². The van der Waals surface area contributed by atoms with Crippen LogP contribution < -0.4 is 5.73 Å². The maximum absolute atomic E-state index is 11.5. The third-order valence-electron chi connectivity index (χ3n) is 4.47. The van der Waals surface area contributed by atoms with E-state index in [0.717, 1.165) is 5.56 Å². The highest BCUT2D eigenvalue weighted by atomic mass is 28.4. The van der Waals surface area contributed by atoms with E-state index < -0.39 is 8.32 Å². The Morgan fingerprint density at radius 2 is 1.52 bits per heavy atom. The molecule has 0 aliphatic carbocycles. The Bertz CT molecular complexity index is 462. The lowest BCUT2D eigenvalue weighted by molar-refractivity contribution is 0.0997. The summed E-state index contributed by atoms with van der Waals surface area (Å²) in [6, 6.07) is 7.46. The zero-order chi connectivity index (χ0) is 16.2. The van der Waals surface area contributed by atoms with E-state index in [1.807, 2.05) is 18.2 Å². The number of amides is 1. The Kier molecular flexibility index (Phi) is 6.17.